The summed E-state index contributed by atoms with van der Waals surface area (Å²) in [5.41, 5.74) is 1.17. The molecule has 5 heteroatoms. The molecule has 0 radical (unpaired) electrons. The standard InChI is InChI=1S/C22H32N2O3/c1-4-13(2)12-24-10-9-21-18-14-5-6-16(25)19(18)27-20(21)15(23-3)7-8-22(21,26)17(24)11-14/h5-6,13,15,17,20,23,25-26H,4,7-12H2,1-3H3/t13?,15-,17+,20?,21-,22+/m1/s1. The monoisotopic (exact) mass is 372 g/mol. The maximum absolute atomic E-state index is 12.2. The summed E-state index contributed by atoms with van der Waals surface area (Å²) in [5.74, 6) is 1.48. The van der Waals surface area contributed by atoms with Gasteiger partial charge in [-0.15, -0.1) is 0 Å². The van der Waals surface area contributed by atoms with Crippen LogP contribution in [0.3, 0.4) is 0 Å². The second kappa shape index (κ2) is 5.85. The average Bonchev–Trinajstić information content (AvgIpc) is 3.01. The van der Waals surface area contributed by atoms with Crippen molar-refractivity contribution >= 4 is 0 Å². The topological polar surface area (TPSA) is 65.0 Å². The van der Waals surface area contributed by atoms with Gasteiger partial charge in [-0.2, -0.15) is 0 Å². The number of ether oxygens (including phenoxy) is 1. The van der Waals surface area contributed by atoms with Gasteiger partial charge in [0.2, 0.25) is 0 Å². The van der Waals surface area contributed by atoms with Gasteiger partial charge in [-0.3, -0.25) is 4.90 Å². The van der Waals surface area contributed by atoms with E-state index in [1.54, 1.807) is 6.07 Å². The third-order valence-corrected chi connectivity index (χ3v) is 8.19. The Morgan fingerprint density at radius 2 is 2.19 bits per heavy atom. The average molecular weight is 373 g/mol. The molecule has 0 amide bonds. The van der Waals surface area contributed by atoms with Crippen LogP contribution in [0.1, 0.15) is 50.7 Å². The Morgan fingerprint density at radius 3 is 2.93 bits per heavy atom. The van der Waals surface area contributed by atoms with Gasteiger partial charge in [-0.1, -0.05) is 26.3 Å². The van der Waals surface area contributed by atoms with Gasteiger partial charge in [-0.25, -0.2) is 0 Å². The lowest BCUT2D eigenvalue weighted by Crippen LogP contribution is -2.78. The van der Waals surface area contributed by atoms with Crippen molar-refractivity contribution in [1.29, 1.82) is 0 Å². The fourth-order valence-electron chi connectivity index (χ4n) is 6.67. The number of aliphatic hydroxyl groups is 1. The Hall–Kier alpha value is -1.30. The zero-order valence-electron chi connectivity index (χ0n) is 16.7. The molecule has 1 aromatic carbocycles. The predicted octanol–water partition coefficient (Wildman–Crippen LogP) is 2.18. The van der Waals surface area contributed by atoms with Gasteiger partial charge in [0.15, 0.2) is 11.5 Å². The van der Waals surface area contributed by atoms with E-state index in [1.807, 2.05) is 7.05 Å². The second-order valence-electron chi connectivity index (χ2n) is 9.29. The van der Waals surface area contributed by atoms with Crippen LogP contribution in [0.15, 0.2) is 12.1 Å². The molecule has 148 valence electrons. The van der Waals surface area contributed by atoms with E-state index in [1.165, 1.54) is 5.56 Å². The third kappa shape index (κ3) is 2.05. The highest BCUT2D eigenvalue weighted by molar-refractivity contribution is 5.62. The first-order chi connectivity index (χ1) is 13.0. The first kappa shape index (κ1) is 17.8. The number of rotatable bonds is 4. The summed E-state index contributed by atoms with van der Waals surface area (Å²) in [5, 5.41) is 26.2. The minimum atomic E-state index is -0.789. The van der Waals surface area contributed by atoms with Crippen molar-refractivity contribution in [2.75, 3.05) is 20.1 Å². The number of likely N-dealkylation sites (N-methyl/N-ethyl adjacent to an activating group) is 1. The highest BCUT2D eigenvalue weighted by Gasteiger charge is 2.72. The van der Waals surface area contributed by atoms with Crippen molar-refractivity contribution in [3.63, 3.8) is 0 Å². The molecule has 1 aromatic rings. The lowest BCUT2D eigenvalue weighted by molar-refractivity contribution is -0.192. The molecule has 5 nitrogen and oxygen atoms in total. The maximum Gasteiger partial charge on any atom is 0.165 e. The highest BCUT2D eigenvalue weighted by atomic mass is 16.5. The number of phenolic OH excluding ortho intramolecular Hbond substituents is 1. The van der Waals surface area contributed by atoms with E-state index in [4.69, 9.17) is 4.74 Å². The van der Waals surface area contributed by atoms with Crippen molar-refractivity contribution in [3.05, 3.63) is 23.3 Å². The molecule has 2 unspecified atom stereocenters. The molecule has 1 saturated heterocycles. The molecule has 0 aromatic heterocycles. The molecule has 3 N–H and O–H groups in total. The number of hydrogen-bond acceptors (Lipinski definition) is 5. The molecule has 1 spiro atoms. The van der Waals surface area contributed by atoms with E-state index in [0.717, 1.165) is 50.8 Å². The van der Waals surface area contributed by atoms with Crippen LogP contribution in [0.5, 0.6) is 11.5 Å². The molecule has 1 saturated carbocycles. The molecule has 6 atom stereocenters. The first-order valence-corrected chi connectivity index (χ1v) is 10.6. The van der Waals surface area contributed by atoms with Crippen LogP contribution in [0.2, 0.25) is 0 Å². The van der Waals surface area contributed by atoms with Crippen molar-refractivity contribution in [2.24, 2.45) is 5.92 Å². The number of hydrogen-bond donors (Lipinski definition) is 3. The van der Waals surface area contributed by atoms with Crippen molar-refractivity contribution < 1.29 is 14.9 Å². The first-order valence-electron chi connectivity index (χ1n) is 10.6. The van der Waals surface area contributed by atoms with Crippen molar-refractivity contribution in [3.8, 4) is 11.5 Å². The Labute approximate surface area is 161 Å². The van der Waals surface area contributed by atoms with E-state index in [-0.39, 0.29) is 23.9 Å². The second-order valence-corrected chi connectivity index (χ2v) is 9.29. The fourth-order valence-corrected chi connectivity index (χ4v) is 6.67. The van der Waals surface area contributed by atoms with Gasteiger partial charge in [0.1, 0.15) is 6.10 Å². The van der Waals surface area contributed by atoms with Crippen LogP contribution in [-0.4, -0.2) is 59.0 Å². The summed E-state index contributed by atoms with van der Waals surface area (Å²) in [6, 6.07) is 4.16. The maximum atomic E-state index is 12.2. The van der Waals surface area contributed by atoms with E-state index in [0.29, 0.717) is 11.7 Å². The summed E-state index contributed by atoms with van der Waals surface area (Å²) < 4.78 is 6.42. The third-order valence-electron chi connectivity index (χ3n) is 8.19. The Balaban J connectivity index is 1.68. The molecule has 4 aliphatic rings. The number of likely N-dealkylation sites (tertiary alicyclic amines) is 1. The Kier molecular flexibility index (Phi) is 3.85. The van der Waals surface area contributed by atoms with E-state index in [2.05, 4.69) is 30.1 Å². The number of nitrogens with zero attached hydrogens (tertiary/aromatic N) is 1. The zero-order valence-corrected chi connectivity index (χ0v) is 16.7. The van der Waals surface area contributed by atoms with Crippen LogP contribution in [-0.2, 0) is 11.8 Å². The van der Waals surface area contributed by atoms with Crippen LogP contribution in [0, 0.1) is 5.92 Å². The molecule has 2 fully saturated rings. The number of benzene rings is 1. The normalized spacial score (nSPS) is 40.4. The quantitative estimate of drug-likeness (QED) is 0.756. The molecule has 2 aliphatic carbocycles. The SMILES string of the molecule is CCC(C)CN1CC[C@@]23c4c5ccc(O)c4OC2[C@H](NC)CC[C@]3(O)[C@@H]1C5. The minimum Gasteiger partial charge on any atom is -0.504 e. The summed E-state index contributed by atoms with van der Waals surface area (Å²) in [6.45, 7) is 6.58. The molecule has 2 bridgehead atoms. The lowest BCUT2D eigenvalue weighted by atomic mass is 9.48. The molecule has 2 heterocycles. The van der Waals surface area contributed by atoms with Gasteiger partial charge >= 0.3 is 0 Å². The summed E-state index contributed by atoms with van der Waals surface area (Å²) in [4.78, 5) is 2.55. The van der Waals surface area contributed by atoms with Crippen LogP contribution < -0.4 is 10.1 Å². The Morgan fingerprint density at radius 1 is 1.37 bits per heavy atom. The number of aromatic hydroxyl groups is 1. The van der Waals surface area contributed by atoms with E-state index in [9.17, 15) is 10.2 Å². The molecular weight excluding hydrogens is 340 g/mol. The molecule has 27 heavy (non-hydrogen) atoms. The zero-order chi connectivity index (χ0) is 19.0. The van der Waals surface area contributed by atoms with Gasteiger partial charge in [0.05, 0.1) is 11.0 Å². The van der Waals surface area contributed by atoms with Crippen LogP contribution in [0.25, 0.3) is 0 Å². The smallest absolute Gasteiger partial charge is 0.165 e. The molecular formula is C22H32N2O3. The Bertz CT molecular complexity index is 768. The number of phenols is 1. The molecule has 2 aliphatic heterocycles. The van der Waals surface area contributed by atoms with Gasteiger partial charge < -0.3 is 20.3 Å². The molecule has 5 rings (SSSR count). The van der Waals surface area contributed by atoms with Gasteiger partial charge in [0.25, 0.3) is 0 Å². The fraction of sp³-hybridized carbons (Fsp3) is 0.727. The van der Waals surface area contributed by atoms with E-state index < -0.39 is 11.0 Å². The number of nitrogens with one attached hydrogen (secondary N) is 1. The minimum absolute atomic E-state index is 0.114. The summed E-state index contributed by atoms with van der Waals surface area (Å²) >= 11 is 0. The van der Waals surface area contributed by atoms with Gasteiger partial charge in [0, 0.05) is 24.2 Å². The predicted molar refractivity (Wildman–Crippen MR) is 104 cm³/mol. The van der Waals surface area contributed by atoms with Gasteiger partial charge in [-0.05, 0) is 56.8 Å². The van der Waals surface area contributed by atoms with Crippen molar-refractivity contribution in [2.45, 2.75) is 75.2 Å². The van der Waals surface area contributed by atoms with Crippen molar-refractivity contribution in [1.82, 2.24) is 10.2 Å². The summed E-state index contributed by atoms with van der Waals surface area (Å²) in [6.07, 6.45) is 4.47. The van der Waals surface area contributed by atoms with Crippen LogP contribution in [0.4, 0.5) is 0 Å². The highest BCUT2D eigenvalue weighted by Crippen LogP contribution is 2.65. The number of piperidine rings is 1. The lowest BCUT2D eigenvalue weighted by Gasteiger charge is -2.64. The summed E-state index contributed by atoms with van der Waals surface area (Å²) in [7, 11) is 1.98. The largest absolute Gasteiger partial charge is 0.504 e. The van der Waals surface area contributed by atoms with E-state index >= 15 is 0 Å². The van der Waals surface area contributed by atoms with Crippen LogP contribution >= 0.6 is 0 Å².